The normalized spacial score (nSPS) is 29.6. The predicted octanol–water partition coefficient (Wildman–Crippen LogP) is 1.59. The summed E-state index contributed by atoms with van der Waals surface area (Å²) in [5, 5.41) is 7.94. The Hall–Kier alpha value is -0.870. The zero-order chi connectivity index (χ0) is 13.0. The molecule has 1 aromatic heterocycles. The van der Waals surface area contributed by atoms with E-state index in [9.17, 15) is 0 Å². The van der Waals surface area contributed by atoms with Crippen LogP contribution in [0.5, 0.6) is 0 Å². The maximum atomic E-state index is 4.22. The fourth-order valence-corrected chi connectivity index (χ4v) is 2.79. The second-order valence-corrected chi connectivity index (χ2v) is 5.68. The third-order valence-electron chi connectivity index (χ3n) is 4.14. The first-order valence-electron chi connectivity index (χ1n) is 7.08. The highest BCUT2D eigenvalue weighted by Gasteiger charge is 2.28. The Morgan fingerprint density at radius 2 is 2.22 bits per heavy atom. The minimum absolute atomic E-state index is 0.675. The van der Waals surface area contributed by atoms with Crippen LogP contribution >= 0.6 is 0 Å². The molecule has 1 aliphatic heterocycles. The molecular formula is C14H26N4. The van der Waals surface area contributed by atoms with Crippen molar-refractivity contribution in [1.29, 1.82) is 0 Å². The summed E-state index contributed by atoms with van der Waals surface area (Å²) in [5.74, 6) is 0.746. The summed E-state index contributed by atoms with van der Waals surface area (Å²) in [6.45, 7) is 7.98. The quantitative estimate of drug-likeness (QED) is 0.806. The van der Waals surface area contributed by atoms with Crippen molar-refractivity contribution in [3.63, 3.8) is 0 Å². The van der Waals surface area contributed by atoms with E-state index in [1.807, 2.05) is 23.1 Å². The lowest BCUT2D eigenvalue weighted by Gasteiger charge is -2.40. The third kappa shape index (κ3) is 3.56. The minimum atomic E-state index is 0.675. The van der Waals surface area contributed by atoms with Gasteiger partial charge in [0.2, 0.25) is 0 Å². The Kier molecular flexibility index (Phi) is 4.78. The molecular weight excluding hydrogens is 224 g/mol. The molecule has 1 saturated heterocycles. The van der Waals surface area contributed by atoms with Crippen LogP contribution in [0.1, 0.15) is 26.7 Å². The van der Waals surface area contributed by atoms with Gasteiger partial charge in [0, 0.05) is 37.6 Å². The topological polar surface area (TPSA) is 33.1 Å². The first kappa shape index (κ1) is 13.6. The number of likely N-dealkylation sites (tertiary alicyclic amines) is 1. The van der Waals surface area contributed by atoms with E-state index in [0.29, 0.717) is 12.1 Å². The Balaban J connectivity index is 1.67. The fourth-order valence-electron chi connectivity index (χ4n) is 2.79. The molecule has 2 heterocycles. The van der Waals surface area contributed by atoms with Gasteiger partial charge in [0.05, 0.1) is 0 Å². The largest absolute Gasteiger partial charge is 0.314 e. The van der Waals surface area contributed by atoms with E-state index in [1.165, 1.54) is 13.0 Å². The molecule has 0 bridgehead atoms. The van der Waals surface area contributed by atoms with Crippen molar-refractivity contribution >= 4 is 0 Å². The van der Waals surface area contributed by atoms with Crippen molar-refractivity contribution in [3.05, 3.63) is 18.5 Å². The van der Waals surface area contributed by atoms with E-state index in [2.05, 4.69) is 36.2 Å². The van der Waals surface area contributed by atoms with Crippen molar-refractivity contribution in [2.75, 3.05) is 20.1 Å². The zero-order valence-electron chi connectivity index (χ0n) is 11.8. The van der Waals surface area contributed by atoms with Crippen LogP contribution in [0.3, 0.4) is 0 Å². The van der Waals surface area contributed by atoms with Crippen molar-refractivity contribution in [2.24, 2.45) is 5.92 Å². The monoisotopic (exact) mass is 250 g/mol. The van der Waals surface area contributed by atoms with Gasteiger partial charge in [-0.15, -0.1) is 0 Å². The van der Waals surface area contributed by atoms with Gasteiger partial charge in [0.15, 0.2) is 0 Å². The first-order chi connectivity index (χ1) is 8.66. The molecule has 0 saturated carbocycles. The summed E-state index contributed by atoms with van der Waals surface area (Å²) in [4.78, 5) is 2.46. The summed E-state index contributed by atoms with van der Waals surface area (Å²) in [5.41, 5.74) is 0. The second kappa shape index (κ2) is 6.34. The Labute approximate surface area is 110 Å². The van der Waals surface area contributed by atoms with E-state index >= 15 is 0 Å². The van der Waals surface area contributed by atoms with E-state index in [-0.39, 0.29) is 0 Å². The molecule has 1 aliphatic rings. The molecule has 3 atom stereocenters. The Morgan fingerprint density at radius 1 is 1.39 bits per heavy atom. The maximum Gasteiger partial charge on any atom is 0.0489 e. The van der Waals surface area contributed by atoms with Crippen LogP contribution in [0.25, 0.3) is 0 Å². The van der Waals surface area contributed by atoms with E-state index < -0.39 is 0 Å². The molecule has 102 valence electrons. The van der Waals surface area contributed by atoms with Gasteiger partial charge >= 0.3 is 0 Å². The highest BCUT2D eigenvalue weighted by Crippen LogP contribution is 2.20. The number of rotatable bonds is 5. The lowest BCUT2D eigenvalue weighted by molar-refractivity contribution is 0.121. The molecule has 0 radical (unpaired) electrons. The van der Waals surface area contributed by atoms with Gasteiger partial charge in [-0.1, -0.05) is 6.92 Å². The maximum absolute atomic E-state index is 4.22. The van der Waals surface area contributed by atoms with Crippen LogP contribution in [0.4, 0.5) is 0 Å². The number of nitrogens with zero attached hydrogens (tertiary/aromatic N) is 3. The lowest BCUT2D eigenvalue weighted by atomic mass is 9.90. The Bertz CT molecular complexity index is 336. The molecule has 0 amide bonds. The predicted molar refractivity (Wildman–Crippen MR) is 74.5 cm³/mol. The first-order valence-corrected chi connectivity index (χ1v) is 7.08. The summed E-state index contributed by atoms with van der Waals surface area (Å²) >= 11 is 0. The van der Waals surface area contributed by atoms with Gasteiger partial charge in [0.25, 0.3) is 0 Å². The van der Waals surface area contributed by atoms with Crippen molar-refractivity contribution < 1.29 is 0 Å². The summed E-state index contributed by atoms with van der Waals surface area (Å²) in [7, 11) is 2.23. The van der Waals surface area contributed by atoms with E-state index in [0.717, 1.165) is 25.4 Å². The highest BCUT2D eigenvalue weighted by molar-refractivity contribution is 4.86. The zero-order valence-corrected chi connectivity index (χ0v) is 11.8. The third-order valence-corrected chi connectivity index (χ3v) is 4.14. The van der Waals surface area contributed by atoms with Crippen molar-refractivity contribution in [2.45, 2.75) is 45.3 Å². The molecule has 0 aliphatic carbocycles. The fraction of sp³-hybridized carbons (Fsp3) is 0.786. The molecule has 2 rings (SSSR count). The van der Waals surface area contributed by atoms with Crippen molar-refractivity contribution in [3.8, 4) is 0 Å². The molecule has 0 aromatic carbocycles. The minimum Gasteiger partial charge on any atom is -0.314 e. The lowest BCUT2D eigenvalue weighted by Crippen LogP contribution is -2.51. The molecule has 4 nitrogen and oxygen atoms in total. The summed E-state index contributed by atoms with van der Waals surface area (Å²) < 4.78 is 2.00. The van der Waals surface area contributed by atoms with Crippen LogP contribution in [0, 0.1) is 5.92 Å². The standard InChI is InChI=1S/C14H26N4/c1-12-11-17(3)13(2)10-14(12)15-6-4-8-18-9-5-7-16-18/h5,7,9,12-15H,4,6,8,10-11H2,1-3H3/t12-,13-,14-/m1/s1. The smallest absolute Gasteiger partial charge is 0.0489 e. The number of hydrogen-bond donors (Lipinski definition) is 1. The number of aromatic nitrogens is 2. The number of nitrogens with one attached hydrogen (secondary N) is 1. The number of piperidine rings is 1. The molecule has 0 unspecified atom stereocenters. The average molecular weight is 250 g/mol. The SMILES string of the molecule is C[C@@H]1CN(C)[C@H](C)C[C@H]1NCCCn1cccn1. The Morgan fingerprint density at radius 3 is 2.94 bits per heavy atom. The summed E-state index contributed by atoms with van der Waals surface area (Å²) in [6.07, 6.45) is 6.28. The van der Waals surface area contributed by atoms with Gasteiger partial charge in [-0.2, -0.15) is 5.10 Å². The number of aryl methyl sites for hydroxylation is 1. The highest BCUT2D eigenvalue weighted by atomic mass is 15.3. The van der Waals surface area contributed by atoms with Gasteiger partial charge in [-0.05, 0) is 45.3 Å². The van der Waals surface area contributed by atoms with Crippen LogP contribution in [-0.4, -0.2) is 46.9 Å². The van der Waals surface area contributed by atoms with Crippen LogP contribution in [0.2, 0.25) is 0 Å². The average Bonchev–Trinajstić information content (AvgIpc) is 2.84. The molecule has 1 N–H and O–H groups in total. The van der Waals surface area contributed by atoms with Gasteiger partial charge < -0.3 is 10.2 Å². The van der Waals surface area contributed by atoms with Crippen LogP contribution < -0.4 is 5.32 Å². The molecule has 18 heavy (non-hydrogen) atoms. The summed E-state index contributed by atoms with van der Waals surface area (Å²) in [6, 6.07) is 3.35. The van der Waals surface area contributed by atoms with Gasteiger partial charge in [-0.25, -0.2) is 0 Å². The van der Waals surface area contributed by atoms with Crippen molar-refractivity contribution in [1.82, 2.24) is 20.0 Å². The molecule has 0 spiro atoms. The van der Waals surface area contributed by atoms with Gasteiger partial charge in [0.1, 0.15) is 0 Å². The second-order valence-electron chi connectivity index (χ2n) is 5.68. The van der Waals surface area contributed by atoms with Crippen LogP contribution in [0.15, 0.2) is 18.5 Å². The molecule has 1 aromatic rings. The number of hydrogen-bond acceptors (Lipinski definition) is 3. The molecule has 1 fully saturated rings. The van der Waals surface area contributed by atoms with Gasteiger partial charge in [-0.3, -0.25) is 4.68 Å². The van der Waals surface area contributed by atoms with E-state index in [4.69, 9.17) is 0 Å². The van der Waals surface area contributed by atoms with E-state index in [1.54, 1.807) is 0 Å². The van der Waals surface area contributed by atoms with Crippen LogP contribution in [-0.2, 0) is 6.54 Å². The molecule has 4 heteroatoms.